The predicted octanol–water partition coefficient (Wildman–Crippen LogP) is 2.78. The van der Waals surface area contributed by atoms with Crippen LogP contribution in [0.15, 0.2) is 22.7 Å². The standard InChI is InChI=1S/C14H19BrN2O2/c1-9-4-3-7-16-13(9)14(18)17-11-8-10(15)5-6-12(11)19-2/h5-6,8-9,13,16H,3-4,7H2,1-2H3,(H,17,18). The average molecular weight is 327 g/mol. The maximum absolute atomic E-state index is 12.3. The minimum atomic E-state index is -0.127. The van der Waals surface area contributed by atoms with Gasteiger partial charge in [-0.2, -0.15) is 0 Å². The summed E-state index contributed by atoms with van der Waals surface area (Å²) in [6, 6.07) is 5.44. The maximum Gasteiger partial charge on any atom is 0.241 e. The molecule has 0 bridgehead atoms. The number of nitrogens with one attached hydrogen (secondary N) is 2. The Kier molecular flexibility index (Phi) is 4.82. The second kappa shape index (κ2) is 6.39. The van der Waals surface area contributed by atoms with Crippen LogP contribution in [0.2, 0.25) is 0 Å². The van der Waals surface area contributed by atoms with Gasteiger partial charge >= 0.3 is 0 Å². The van der Waals surface area contributed by atoms with Crippen molar-refractivity contribution in [2.45, 2.75) is 25.8 Å². The lowest BCUT2D eigenvalue weighted by molar-refractivity contribution is -0.119. The van der Waals surface area contributed by atoms with Gasteiger partial charge in [0.1, 0.15) is 5.75 Å². The third kappa shape index (κ3) is 3.48. The molecule has 104 valence electrons. The molecule has 19 heavy (non-hydrogen) atoms. The molecule has 1 fully saturated rings. The number of carbonyl (C=O) groups is 1. The van der Waals surface area contributed by atoms with Crippen molar-refractivity contribution in [2.24, 2.45) is 5.92 Å². The quantitative estimate of drug-likeness (QED) is 0.898. The molecule has 1 amide bonds. The zero-order chi connectivity index (χ0) is 13.8. The lowest BCUT2D eigenvalue weighted by atomic mass is 9.92. The van der Waals surface area contributed by atoms with Crippen LogP contribution in [0.4, 0.5) is 5.69 Å². The number of methoxy groups -OCH3 is 1. The van der Waals surface area contributed by atoms with Crippen LogP contribution in [0.3, 0.4) is 0 Å². The number of amides is 1. The molecule has 1 aliphatic heterocycles. The van der Waals surface area contributed by atoms with Gasteiger partial charge in [0, 0.05) is 4.47 Å². The lowest BCUT2D eigenvalue weighted by Gasteiger charge is -2.29. The van der Waals surface area contributed by atoms with Crippen molar-refractivity contribution < 1.29 is 9.53 Å². The van der Waals surface area contributed by atoms with E-state index in [1.165, 1.54) is 0 Å². The number of ether oxygens (including phenoxy) is 1. The lowest BCUT2D eigenvalue weighted by Crippen LogP contribution is -2.48. The molecule has 1 heterocycles. The minimum Gasteiger partial charge on any atom is -0.495 e. The van der Waals surface area contributed by atoms with E-state index in [1.54, 1.807) is 7.11 Å². The van der Waals surface area contributed by atoms with Crippen LogP contribution in [-0.4, -0.2) is 25.6 Å². The first-order valence-corrected chi connectivity index (χ1v) is 7.29. The summed E-state index contributed by atoms with van der Waals surface area (Å²) in [6.07, 6.45) is 2.21. The molecule has 0 radical (unpaired) electrons. The molecule has 1 aromatic carbocycles. The first-order valence-electron chi connectivity index (χ1n) is 6.49. The van der Waals surface area contributed by atoms with E-state index >= 15 is 0 Å². The summed E-state index contributed by atoms with van der Waals surface area (Å²) in [6.45, 7) is 3.01. The van der Waals surface area contributed by atoms with Gasteiger partial charge in [0.05, 0.1) is 18.8 Å². The molecule has 2 N–H and O–H groups in total. The largest absolute Gasteiger partial charge is 0.495 e. The molecule has 0 spiro atoms. The van der Waals surface area contributed by atoms with E-state index in [0.29, 0.717) is 17.4 Å². The van der Waals surface area contributed by atoms with Gasteiger partial charge in [-0.3, -0.25) is 4.79 Å². The van der Waals surface area contributed by atoms with Crippen molar-refractivity contribution in [3.8, 4) is 5.75 Å². The Bertz CT molecular complexity index is 465. The third-order valence-electron chi connectivity index (χ3n) is 3.47. The molecular formula is C14H19BrN2O2. The summed E-state index contributed by atoms with van der Waals surface area (Å²) in [4.78, 5) is 12.3. The molecular weight excluding hydrogens is 308 g/mol. The van der Waals surface area contributed by atoms with Crippen molar-refractivity contribution in [1.29, 1.82) is 0 Å². The maximum atomic E-state index is 12.3. The fourth-order valence-corrected chi connectivity index (χ4v) is 2.75. The van der Waals surface area contributed by atoms with E-state index in [2.05, 4.69) is 33.5 Å². The van der Waals surface area contributed by atoms with Crippen LogP contribution in [-0.2, 0) is 4.79 Å². The summed E-state index contributed by atoms with van der Waals surface area (Å²) in [5.74, 6) is 1.02. The van der Waals surface area contributed by atoms with E-state index < -0.39 is 0 Å². The molecule has 0 saturated carbocycles. The number of benzene rings is 1. The molecule has 2 unspecified atom stereocenters. The molecule has 4 nitrogen and oxygen atoms in total. The van der Waals surface area contributed by atoms with Crippen molar-refractivity contribution in [3.63, 3.8) is 0 Å². The van der Waals surface area contributed by atoms with Crippen molar-refractivity contribution in [3.05, 3.63) is 22.7 Å². The van der Waals surface area contributed by atoms with E-state index in [1.807, 2.05) is 18.2 Å². The summed E-state index contributed by atoms with van der Waals surface area (Å²) >= 11 is 3.40. The first-order chi connectivity index (χ1) is 9.11. The Hall–Kier alpha value is -1.07. The van der Waals surface area contributed by atoms with Gasteiger partial charge in [-0.15, -0.1) is 0 Å². The smallest absolute Gasteiger partial charge is 0.241 e. The predicted molar refractivity (Wildman–Crippen MR) is 79.5 cm³/mol. The molecule has 0 aliphatic carbocycles. The Balaban J connectivity index is 2.11. The Morgan fingerprint density at radius 1 is 1.53 bits per heavy atom. The number of hydrogen-bond acceptors (Lipinski definition) is 3. The number of carbonyl (C=O) groups excluding carboxylic acids is 1. The normalized spacial score (nSPS) is 22.9. The monoisotopic (exact) mass is 326 g/mol. The van der Waals surface area contributed by atoms with Crippen molar-refractivity contribution >= 4 is 27.5 Å². The van der Waals surface area contributed by atoms with Gasteiger partial charge in [-0.05, 0) is 43.5 Å². The van der Waals surface area contributed by atoms with E-state index in [9.17, 15) is 4.79 Å². The van der Waals surface area contributed by atoms with Gasteiger partial charge in [0.15, 0.2) is 0 Å². The van der Waals surface area contributed by atoms with Crippen LogP contribution in [0.1, 0.15) is 19.8 Å². The Morgan fingerprint density at radius 3 is 3.00 bits per heavy atom. The SMILES string of the molecule is COc1ccc(Br)cc1NC(=O)C1NCCCC1C. The van der Waals surface area contributed by atoms with Gasteiger partial charge in [-0.25, -0.2) is 0 Å². The molecule has 0 aromatic heterocycles. The van der Waals surface area contributed by atoms with Crippen LogP contribution in [0.5, 0.6) is 5.75 Å². The van der Waals surface area contributed by atoms with Crippen LogP contribution in [0.25, 0.3) is 0 Å². The summed E-state index contributed by atoms with van der Waals surface area (Å²) < 4.78 is 6.17. The van der Waals surface area contributed by atoms with Crippen LogP contribution in [0, 0.1) is 5.92 Å². The van der Waals surface area contributed by atoms with Crippen LogP contribution < -0.4 is 15.4 Å². The second-order valence-electron chi connectivity index (χ2n) is 4.89. The van der Waals surface area contributed by atoms with E-state index in [0.717, 1.165) is 23.9 Å². The number of hydrogen-bond donors (Lipinski definition) is 2. The third-order valence-corrected chi connectivity index (χ3v) is 3.96. The number of anilines is 1. The highest BCUT2D eigenvalue weighted by molar-refractivity contribution is 9.10. The number of piperidine rings is 1. The average Bonchev–Trinajstić information content (AvgIpc) is 2.39. The van der Waals surface area contributed by atoms with Crippen molar-refractivity contribution in [2.75, 3.05) is 19.0 Å². The molecule has 1 aromatic rings. The Morgan fingerprint density at radius 2 is 2.32 bits per heavy atom. The highest BCUT2D eigenvalue weighted by Gasteiger charge is 2.27. The van der Waals surface area contributed by atoms with Gasteiger partial charge in [0.2, 0.25) is 5.91 Å². The van der Waals surface area contributed by atoms with E-state index in [-0.39, 0.29) is 11.9 Å². The van der Waals surface area contributed by atoms with Gasteiger partial charge in [-0.1, -0.05) is 22.9 Å². The molecule has 1 saturated heterocycles. The zero-order valence-corrected chi connectivity index (χ0v) is 12.8. The van der Waals surface area contributed by atoms with Crippen molar-refractivity contribution in [1.82, 2.24) is 5.32 Å². The zero-order valence-electron chi connectivity index (χ0n) is 11.2. The van der Waals surface area contributed by atoms with Gasteiger partial charge < -0.3 is 15.4 Å². The molecule has 2 rings (SSSR count). The van der Waals surface area contributed by atoms with E-state index in [4.69, 9.17) is 4.74 Å². The highest BCUT2D eigenvalue weighted by Crippen LogP contribution is 2.28. The fourth-order valence-electron chi connectivity index (χ4n) is 2.39. The van der Waals surface area contributed by atoms with Gasteiger partial charge in [0.25, 0.3) is 0 Å². The topological polar surface area (TPSA) is 50.4 Å². The summed E-state index contributed by atoms with van der Waals surface area (Å²) in [5.41, 5.74) is 0.696. The number of rotatable bonds is 3. The molecule has 1 aliphatic rings. The second-order valence-corrected chi connectivity index (χ2v) is 5.80. The molecule has 2 atom stereocenters. The highest BCUT2D eigenvalue weighted by atomic mass is 79.9. The Labute approximate surface area is 122 Å². The molecule has 5 heteroatoms. The minimum absolute atomic E-state index is 0.00333. The van der Waals surface area contributed by atoms with Crippen LogP contribution >= 0.6 is 15.9 Å². The summed E-state index contributed by atoms with van der Waals surface area (Å²) in [5, 5.41) is 6.22. The first kappa shape index (κ1) is 14.3. The number of halogens is 1. The fraction of sp³-hybridized carbons (Fsp3) is 0.500. The summed E-state index contributed by atoms with van der Waals surface area (Å²) in [7, 11) is 1.60.